The van der Waals surface area contributed by atoms with Crippen LogP contribution in [-0.2, 0) is 0 Å². The highest BCUT2D eigenvalue weighted by molar-refractivity contribution is 9.10. The number of benzene rings is 1. The minimum atomic E-state index is -0.412. The average Bonchev–Trinajstić information content (AvgIpc) is 3.02. The van der Waals surface area contributed by atoms with E-state index in [0.29, 0.717) is 17.0 Å². The van der Waals surface area contributed by atoms with Gasteiger partial charge in [0.25, 0.3) is 11.7 Å². The zero-order valence-electron chi connectivity index (χ0n) is 11.6. The lowest BCUT2D eigenvalue weighted by Gasteiger charge is -2.07. The molecule has 0 saturated carbocycles. The largest absolute Gasteiger partial charge is 0.317 e. The molecule has 1 N–H and O–H groups in total. The lowest BCUT2D eigenvalue weighted by atomic mass is 10.2. The molecule has 0 aliphatic rings. The lowest BCUT2D eigenvalue weighted by Crippen LogP contribution is -2.14. The summed E-state index contributed by atoms with van der Waals surface area (Å²) in [4.78, 5) is 24.9. The molecular weight excluding hydrogens is 360 g/mol. The van der Waals surface area contributed by atoms with Gasteiger partial charge in [-0.1, -0.05) is 22.0 Å². The van der Waals surface area contributed by atoms with Crippen LogP contribution in [0.15, 0.2) is 53.4 Å². The number of halogens is 1. The van der Waals surface area contributed by atoms with E-state index in [2.05, 4.69) is 41.3 Å². The van der Waals surface area contributed by atoms with E-state index in [9.17, 15) is 4.79 Å². The highest BCUT2D eigenvalue weighted by Gasteiger charge is 2.15. The zero-order chi connectivity index (χ0) is 15.8. The molecule has 3 heterocycles. The van der Waals surface area contributed by atoms with Crippen molar-refractivity contribution in [3.63, 3.8) is 0 Å². The zero-order valence-corrected chi connectivity index (χ0v) is 13.2. The first-order valence-electron chi connectivity index (χ1n) is 6.74. The minimum absolute atomic E-state index is 0.0516. The number of carbonyl (C=O) groups excluding carboxylic acids is 1. The van der Waals surface area contributed by atoms with Crippen molar-refractivity contribution in [2.24, 2.45) is 0 Å². The molecule has 4 rings (SSSR count). The maximum absolute atomic E-state index is 12.4. The molecule has 8 heteroatoms. The van der Waals surface area contributed by atoms with Crippen LogP contribution < -0.4 is 5.32 Å². The van der Waals surface area contributed by atoms with Gasteiger partial charge in [0.05, 0.1) is 11.2 Å². The third-order valence-corrected chi connectivity index (χ3v) is 3.98. The van der Waals surface area contributed by atoms with Crippen LogP contribution in [0.4, 0.5) is 5.69 Å². The van der Waals surface area contributed by atoms with E-state index in [4.69, 9.17) is 0 Å². The molecule has 0 unspecified atom stereocenters. The van der Waals surface area contributed by atoms with Crippen LogP contribution >= 0.6 is 15.9 Å². The molecule has 1 amide bonds. The number of amides is 1. The van der Waals surface area contributed by atoms with E-state index in [0.717, 1.165) is 9.86 Å². The Hall–Kier alpha value is -2.87. The molecule has 7 nitrogen and oxygen atoms in total. The molecular formula is C15H9BrN6O. The molecule has 0 spiro atoms. The van der Waals surface area contributed by atoms with Crippen LogP contribution in [0.5, 0.6) is 0 Å². The third kappa shape index (κ3) is 2.42. The minimum Gasteiger partial charge on any atom is -0.317 e. The van der Waals surface area contributed by atoms with Gasteiger partial charge >= 0.3 is 0 Å². The van der Waals surface area contributed by atoms with E-state index in [-0.39, 0.29) is 5.82 Å². The Labute approximate surface area is 138 Å². The molecule has 0 aliphatic carbocycles. The molecule has 0 aliphatic heterocycles. The number of carbonyl (C=O) groups is 1. The number of pyridine rings is 1. The molecule has 0 saturated heterocycles. The Morgan fingerprint density at radius 2 is 2.00 bits per heavy atom. The second-order valence-electron chi connectivity index (χ2n) is 4.75. The van der Waals surface area contributed by atoms with Crippen molar-refractivity contribution in [2.75, 3.05) is 5.32 Å². The number of rotatable bonds is 2. The monoisotopic (exact) mass is 368 g/mol. The predicted octanol–water partition coefficient (Wildman–Crippen LogP) is 2.69. The highest BCUT2D eigenvalue weighted by Crippen LogP contribution is 2.28. The van der Waals surface area contributed by atoms with Crippen molar-refractivity contribution < 1.29 is 4.79 Å². The molecule has 0 radical (unpaired) electrons. The second-order valence-corrected chi connectivity index (χ2v) is 5.60. The Morgan fingerprint density at radius 3 is 2.87 bits per heavy atom. The highest BCUT2D eigenvalue weighted by atomic mass is 79.9. The Morgan fingerprint density at radius 1 is 1.13 bits per heavy atom. The summed E-state index contributed by atoms with van der Waals surface area (Å²) in [5.41, 5.74) is 1.29. The fourth-order valence-corrected chi connectivity index (χ4v) is 2.70. The SMILES string of the molecule is O=C(Nc1ccc(Br)c2cccnc12)c1nc2ncccn2n1. The summed E-state index contributed by atoms with van der Waals surface area (Å²) in [7, 11) is 0. The van der Waals surface area contributed by atoms with Crippen molar-refractivity contribution >= 4 is 44.2 Å². The number of hydrogen-bond acceptors (Lipinski definition) is 5. The molecule has 0 fully saturated rings. The van der Waals surface area contributed by atoms with Gasteiger partial charge in [-0.15, -0.1) is 5.10 Å². The third-order valence-electron chi connectivity index (χ3n) is 3.28. The fourth-order valence-electron chi connectivity index (χ4n) is 2.25. The number of nitrogens with one attached hydrogen (secondary N) is 1. The van der Waals surface area contributed by atoms with E-state index in [1.807, 2.05) is 18.2 Å². The van der Waals surface area contributed by atoms with Gasteiger partial charge in [0.15, 0.2) is 0 Å². The quantitative estimate of drug-likeness (QED) is 0.587. The van der Waals surface area contributed by atoms with Gasteiger partial charge in [0.1, 0.15) is 0 Å². The molecule has 4 aromatic rings. The van der Waals surface area contributed by atoms with Crippen LogP contribution in [0.1, 0.15) is 10.6 Å². The first-order chi connectivity index (χ1) is 11.2. The van der Waals surface area contributed by atoms with Crippen molar-refractivity contribution in [3.05, 3.63) is 59.2 Å². The van der Waals surface area contributed by atoms with Crippen molar-refractivity contribution in [1.29, 1.82) is 0 Å². The van der Waals surface area contributed by atoms with E-state index >= 15 is 0 Å². The molecule has 112 valence electrons. The Balaban J connectivity index is 1.73. The van der Waals surface area contributed by atoms with Crippen LogP contribution in [0.3, 0.4) is 0 Å². The van der Waals surface area contributed by atoms with Crippen LogP contribution in [0.2, 0.25) is 0 Å². The summed E-state index contributed by atoms with van der Waals surface area (Å²) in [5, 5.41) is 7.82. The maximum Gasteiger partial charge on any atom is 0.295 e. The van der Waals surface area contributed by atoms with Gasteiger partial charge in [-0.25, -0.2) is 9.50 Å². The van der Waals surface area contributed by atoms with Crippen LogP contribution in [-0.4, -0.2) is 30.5 Å². The van der Waals surface area contributed by atoms with Crippen molar-refractivity contribution in [2.45, 2.75) is 0 Å². The van der Waals surface area contributed by atoms with Gasteiger partial charge in [0.2, 0.25) is 5.82 Å². The van der Waals surface area contributed by atoms with E-state index in [1.54, 1.807) is 30.7 Å². The van der Waals surface area contributed by atoms with Gasteiger partial charge < -0.3 is 5.32 Å². The topological polar surface area (TPSA) is 85.1 Å². The molecule has 23 heavy (non-hydrogen) atoms. The Bertz CT molecular complexity index is 1010. The first kappa shape index (κ1) is 13.8. The van der Waals surface area contributed by atoms with E-state index < -0.39 is 5.91 Å². The number of fused-ring (bicyclic) bond motifs is 2. The van der Waals surface area contributed by atoms with Crippen LogP contribution in [0.25, 0.3) is 16.7 Å². The van der Waals surface area contributed by atoms with Gasteiger partial charge in [-0.2, -0.15) is 4.98 Å². The second kappa shape index (κ2) is 5.40. The average molecular weight is 369 g/mol. The maximum atomic E-state index is 12.4. The number of nitrogens with zero attached hydrogens (tertiary/aromatic N) is 5. The number of hydrogen-bond donors (Lipinski definition) is 1. The Kier molecular flexibility index (Phi) is 3.23. The smallest absolute Gasteiger partial charge is 0.295 e. The summed E-state index contributed by atoms with van der Waals surface area (Å²) in [5.74, 6) is 0.0110. The molecule has 0 atom stereocenters. The summed E-state index contributed by atoms with van der Waals surface area (Å²) in [6.45, 7) is 0. The van der Waals surface area contributed by atoms with Crippen LogP contribution in [0, 0.1) is 0 Å². The van der Waals surface area contributed by atoms with Gasteiger partial charge in [-0.05, 0) is 24.3 Å². The predicted molar refractivity (Wildman–Crippen MR) is 88.2 cm³/mol. The summed E-state index contributed by atoms with van der Waals surface area (Å²) < 4.78 is 2.36. The summed E-state index contributed by atoms with van der Waals surface area (Å²) >= 11 is 3.48. The van der Waals surface area contributed by atoms with Gasteiger partial charge in [-0.3, -0.25) is 9.78 Å². The van der Waals surface area contributed by atoms with Crippen molar-refractivity contribution in [3.8, 4) is 0 Å². The molecule has 3 aromatic heterocycles. The summed E-state index contributed by atoms with van der Waals surface area (Å²) in [6, 6.07) is 9.13. The van der Waals surface area contributed by atoms with Gasteiger partial charge in [0, 0.05) is 28.4 Å². The fraction of sp³-hybridized carbons (Fsp3) is 0. The number of aromatic nitrogens is 5. The number of anilines is 1. The normalized spacial score (nSPS) is 11.0. The molecule has 1 aromatic carbocycles. The standard InChI is InChI=1S/C15H9BrN6O/c16-10-4-5-11(12-9(10)3-1-6-17-12)19-14(23)13-20-15-18-7-2-8-22(15)21-13/h1-8H,(H,19,23). The van der Waals surface area contributed by atoms with Crippen molar-refractivity contribution in [1.82, 2.24) is 24.6 Å². The first-order valence-corrected chi connectivity index (χ1v) is 7.54. The molecule has 0 bridgehead atoms. The summed E-state index contributed by atoms with van der Waals surface area (Å²) in [6.07, 6.45) is 4.96. The van der Waals surface area contributed by atoms with E-state index in [1.165, 1.54) is 4.52 Å². The lowest BCUT2D eigenvalue weighted by molar-refractivity contribution is 0.101.